The Kier molecular flexibility index (Phi) is 4.54. The summed E-state index contributed by atoms with van der Waals surface area (Å²) in [5.41, 5.74) is 2.79. The number of hydrogen-bond acceptors (Lipinski definition) is 2. The Labute approximate surface area is 140 Å². The summed E-state index contributed by atoms with van der Waals surface area (Å²) >= 11 is 12.4. The summed E-state index contributed by atoms with van der Waals surface area (Å²) in [6.07, 6.45) is 0. The molecule has 1 aliphatic rings. The highest BCUT2D eigenvalue weighted by Gasteiger charge is 2.27. The molecule has 0 amide bonds. The van der Waals surface area contributed by atoms with Gasteiger partial charge in [-0.15, -0.1) is 0 Å². The molecule has 2 N–H and O–H groups in total. The van der Waals surface area contributed by atoms with Crippen molar-refractivity contribution in [2.75, 3.05) is 24.5 Å². The molecule has 3 nitrogen and oxygen atoms in total. The minimum absolute atomic E-state index is 0.247. The van der Waals surface area contributed by atoms with Crippen molar-refractivity contribution in [3.05, 3.63) is 63.6 Å². The fourth-order valence-corrected chi connectivity index (χ4v) is 3.30. The molecule has 1 heterocycles. The van der Waals surface area contributed by atoms with E-state index in [1.54, 1.807) is 6.07 Å². The third kappa shape index (κ3) is 3.05. The summed E-state index contributed by atoms with van der Waals surface area (Å²) in [4.78, 5) is 2.31. The molecule has 1 fully saturated rings. The van der Waals surface area contributed by atoms with Gasteiger partial charge in [0, 0.05) is 5.02 Å². The lowest BCUT2D eigenvalue weighted by Crippen LogP contribution is -2.90. The van der Waals surface area contributed by atoms with Crippen LogP contribution in [0.1, 0.15) is 17.2 Å². The zero-order valence-electron chi connectivity index (χ0n) is 12.0. The average Bonchev–Trinajstić information content (AvgIpc) is 2.55. The first kappa shape index (κ1) is 15.2. The van der Waals surface area contributed by atoms with Gasteiger partial charge < -0.3 is 10.2 Å². The van der Waals surface area contributed by atoms with E-state index in [0.29, 0.717) is 10.6 Å². The molecule has 1 unspecified atom stereocenters. The van der Waals surface area contributed by atoms with Gasteiger partial charge in [-0.05, 0) is 35.9 Å². The molecule has 112 valence electrons. The van der Waals surface area contributed by atoms with Gasteiger partial charge in [0.05, 0.1) is 35.4 Å². The van der Waals surface area contributed by atoms with E-state index in [1.165, 1.54) is 5.56 Å². The Morgan fingerprint density at radius 3 is 2.59 bits per heavy atom. The molecular weight excluding hydrogens is 317 g/mol. The molecule has 0 radical (unpaired) electrons. The molecule has 0 aromatic heterocycles. The van der Waals surface area contributed by atoms with E-state index >= 15 is 0 Å². The number of hydrogen-bond donors (Lipinski definition) is 1. The molecule has 22 heavy (non-hydrogen) atoms. The van der Waals surface area contributed by atoms with Gasteiger partial charge in [-0.2, -0.15) is 5.26 Å². The molecule has 2 aromatic carbocycles. The van der Waals surface area contributed by atoms with E-state index in [-0.39, 0.29) is 6.04 Å². The second-order valence-electron chi connectivity index (χ2n) is 5.35. The average molecular weight is 333 g/mol. The van der Waals surface area contributed by atoms with Crippen LogP contribution in [0.5, 0.6) is 0 Å². The fraction of sp³-hybridized carbons (Fsp3) is 0.235. The van der Waals surface area contributed by atoms with Crippen LogP contribution in [0.3, 0.4) is 0 Å². The topological polar surface area (TPSA) is 43.6 Å². The third-order valence-electron chi connectivity index (χ3n) is 3.98. The van der Waals surface area contributed by atoms with E-state index in [9.17, 15) is 0 Å². The highest BCUT2D eigenvalue weighted by atomic mass is 35.5. The number of anilines is 1. The van der Waals surface area contributed by atoms with E-state index in [0.717, 1.165) is 30.3 Å². The number of benzene rings is 2. The van der Waals surface area contributed by atoms with E-state index in [1.807, 2.05) is 24.3 Å². The molecule has 2 aromatic rings. The van der Waals surface area contributed by atoms with Crippen LogP contribution in [-0.4, -0.2) is 19.6 Å². The van der Waals surface area contributed by atoms with Crippen molar-refractivity contribution in [3.8, 4) is 6.07 Å². The van der Waals surface area contributed by atoms with Crippen molar-refractivity contribution in [1.82, 2.24) is 0 Å². The number of quaternary nitrogens is 1. The first-order valence-corrected chi connectivity index (χ1v) is 7.98. The van der Waals surface area contributed by atoms with Crippen molar-refractivity contribution in [1.29, 1.82) is 5.26 Å². The van der Waals surface area contributed by atoms with Crippen molar-refractivity contribution < 1.29 is 5.32 Å². The molecule has 0 aliphatic carbocycles. The van der Waals surface area contributed by atoms with Crippen LogP contribution in [-0.2, 0) is 0 Å². The van der Waals surface area contributed by atoms with Gasteiger partial charge in [0.2, 0.25) is 0 Å². The standard InChI is InChI=1S/C17H15Cl2N3/c18-14-4-2-13(3-5-14)17-11-21-7-8-22(17)16-6-1-12(10-20)9-15(16)19/h1-6,9,17,21H,7-8,11H2/p+1. The van der Waals surface area contributed by atoms with Gasteiger partial charge in [-0.1, -0.05) is 35.3 Å². The van der Waals surface area contributed by atoms with Crippen molar-refractivity contribution in [2.24, 2.45) is 0 Å². The summed E-state index contributed by atoms with van der Waals surface area (Å²) in [5, 5.41) is 12.7. The number of nitrogens with zero attached hydrogens (tertiary/aromatic N) is 2. The SMILES string of the molecule is N#Cc1ccc(N2CC[NH2+]CC2c2ccc(Cl)cc2)c(Cl)c1. The van der Waals surface area contributed by atoms with Crippen LogP contribution in [0, 0.1) is 11.3 Å². The Morgan fingerprint density at radius 2 is 1.91 bits per heavy atom. The number of nitriles is 1. The van der Waals surface area contributed by atoms with Gasteiger partial charge in [0.15, 0.2) is 0 Å². The molecule has 0 saturated carbocycles. The maximum absolute atomic E-state index is 8.98. The van der Waals surface area contributed by atoms with Gasteiger partial charge in [-0.3, -0.25) is 0 Å². The van der Waals surface area contributed by atoms with Crippen LogP contribution >= 0.6 is 23.2 Å². The van der Waals surface area contributed by atoms with Gasteiger partial charge in [0.1, 0.15) is 12.6 Å². The van der Waals surface area contributed by atoms with Gasteiger partial charge in [-0.25, -0.2) is 0 Å². The zero-order valence-corrected chi connectivity index (χ0v) is 13.5. The molecule has 1 atom stereocenters. The molecule has 0 bridgehead atoms. The maximum Gasteiger partial charge on any atom is 0.104 e. The molecule has 0 spiro atoms. The molecule has 3 rings (SSSR count). The molecule has 1 saturated heterocycles. The van der Waals surface area contributed by atoms with Crippen molar-refractivity contribution in [2.45, 2.75) is 6.04 Å². The summed E-state index contributed by atoms with van der Waals surface area (Å²) in [7, 11) is 0. The lowest BCUT2D eigenvalue weighted by Gasteiger charge is -2.36. The van der Waals surface area contributed by atoms with Crippen LogP contribution in [0.15, 0.2) is 42.5 Å². The monoisotopic (exact) mass is 332 g/mol. The molecule has 1 aliphatic heterocycles. The predicted molar refractivity (Wildman–Crippen MR) is 89.4 cm³/mol. The van der Waals surface area contributed by atoms with E-state index < -0.39 is 0 Å². The molecular formula is C17H16Cl2N3+. The minimum Gasteiger partial charge on any atom is -0.352 e. The first-order chi connectivity index (χ1) is 10.7. The largest absolute Gasteiger partial charge is 0.352 e. The Morgan fingerprint density at radius 1 is 1.14 bits per heavy atom. The Bertz CT molecular complexity index is 707. The second kappa shape index (κ2) is 6.58. The molecule has 5 heteroatoms. The van der Waals surface area contributed by atoms with Gasteiger partial charge in [0.25, 0.3) is 0 Å². The first-order valence-electron chi connectivity index (χ1n) is 7.22. The number of halogens is 2. The van der Waals surface area contributed by atoms with Crippen LogP contribution in [0.25, 0.3) is 0 Å². The minimum atomic E-state index is 0.247. The van der Waals surface area contributed by atoms with E-state index in [4.69, 9.17) is 28.5 Å². The summed E-state index contributed by atoms with van der Waals surface area (Å²) in [5.74, 6) is 0. The number of piperazine rings is 1. The van der Waals surface area contributed by atoms with Crippen molar-refractivity contribution >= 4 is 28.9 Å². The lowest BCUT2D eigenvalue weighted by atomic mass is 10.0. The summed E-state index contributed by atoms with van der Waals surface area (Å²) < 4.78 is 0. The Hall–Kier alpha value is -1.73. The summed E-state index contributed by atoms with van der Waals surface area (Å²) in [6.45, 7) is 2.91. The summed E-state index contributed by atoms with van der Waals surface area (Å²) in [6, 6.07) is 15.8. The van der Waals surface area contributed by atoms with Crippen LogP contribution < -0.4 is 10.2 Å². The third-order valence-corrected chi connectivity index (χ3v) is 4.54. The highest BCUT2D eigenvalue weighted by Crippen LogP contribution is 2.33. The smallest absolute Gasteiger partial charge is 0.104 e. The number of nitrogens with two attached hydrogens (primary N) is 1. The normalized spacial score (nSPS) is 18.0. The quantitative estimate of drug-likeness (QED) is 0.918. The second-order valence-corrected chi connectivity index (χ2v) is 6.20. The van der Waals surface area contributed by atoms with Crippen LogP contribution in [0.4, 0.5) is 5.69 Å². The van der Waals surface area contributed by atoms with Crippen LogP contribution in [0.2, 0.25) is 10.0 Å². The predicted octanol–water partition coefficient (Wildman–Crippen LogP) is 2.99. The van der Waals surface area contributed by atoms with E-state index in [2.05, 4.69) is 28.4 Å². The number of rotatable bonds is 2. The van der Waals surface area contributed by atoms with Crippen molar-refractivity contribution in [3.63, 3.8) is 0 Å². The zero-order chi connectivity index (χ0) is 15.5. The lowest BCUT2D eigenvalue weighted by molar-refractivity contribution is -0.661. The maximum atomic E-state index is 8.98. The van der Waals surface area contributed by atoms with Gasteiger partial charge >= 0.3 is 0 Å². The Balaban J connectivity index is 1.96. The highest BCUT2D eigenvalue weighted by molar-refractivity contribution is 6.33. The fourth-order valence-electron chi connectivity index (χ4n) is 2.89.